The zero-order valence-electron chi connectivity index (χ0n) is 16.4. The number of ether oxygens (including phenoxy) is 1. The SMILES string of the molecule is CSCC[C@H](NC(=O)[C@H](CC(C)C)N(C)C(=O)OC(C)(C)C)C(N)=O. The van der Waals surface area contributed by atoms with Gasteiger partial charge in [0.2, 0.25) is 11.8 Å². The summed E-state index contributed by atoms with van der Waals surface area (Å²) in [7, 11) is 1.53. The molecule has 3 N–H and O–H groups in total. The summed E-state index contributed by atoms with van der Waals surface area (Å²) < 4.78 is 5.34. The lowest BCUT2D eigenvalue weighted by atomic mass is 10.0. The third-order valence-corrected chi connectivity index (χ3v) is 4.06. The number of likely N-dealkylation sites (N-methyl/N-ethyl adjacent to an activating group) is 1. The summed E-state index contributed by atoms with van der Waals surface area (Å²) in [6.45, 7) is 9.22. The van der Waals surface area contributed by atoms with Crippen LogP contribution in [0.15, 0.2) is 0 Å². The van der Waals surface area contributed by atoms with Crippen molar-refractivity contribution >= 4 is 29.7 Å². The molecular weight excluding hydrogens is 342 g/mol. The molecule has 0 aromatic heterocycles. The van der Waals surface area contributed by atoms with Gasteiger partial charge in [0, 0.05) is 7.05 Å². The number of primary amides is 1. The highest BCUT2D eigenvalue weighted by atomic mass is 32.2. The fraction of sp³-hybridized carbons (Fsp3) is 0.824. The van der Waals surface area contributed by atoms with E-state index in [1.54, 1.807) is 32.5 Å². The fourth-order valence-electron chi connectivity index (χ4n) is 2.14. The molecule has 0 saturated heterocycles. The summed E-state index contributed by atoms with van der Waals surface area (Å²) in [6, 6.07) is -1.48. The summed E-state index contributed by atoms with van der Waals surface area (Å²) in [5, 5.41) is 2.68. The number of nitrogens with zero attached hydrogens (tertiary/aromatic N) is 1. The molecule has 8 heteroatoms. The van der Waals surface area contributed by atoms with E-state index in [1.807, 2.05) is 20.1 Å². The number of carbonyl (C=O) groups excluding carboxylic acids is 3. The lowest BCUT2D eigenvalue weighted by Crippen LogP contribution is -2.54. The average molecular weight is 376 g/mol. The van der Waals surface area contributed by atoms with Gasteiger partial charge < -0.3 is 15.8 Å². The third kappa shape index (κ3) is 9.57. The third-order valence-electron chi connectivity index (χ3n) is 3.42. The van der Waals surface area contributed by atoms with E-state index in [-0.39, 0.29) is 5.92 Å². The first-order valence-electron chi connectivity index (χ1n) is 8.43. The van der Waals surface area contributed by atoms with Crippen LogP contribution in [0.5, 0.6) is 0 Å². The van der Waals surface area contributed by atoms with Gasteiger partial charge in [0.05, 0.1) is 0 Å². The minimum Gasteiger partial charge on any atom is -0.444 e. The second-order valence-electron chi connectivity index (χ2n) is 7.48. The summed E-state index contributed by atoms with van der Waals surface area (Å²) in [5.41, 5.74) is 4.72. The molecule has 0 spiro atoms. The molecule has 0 aliphatic carbocycles. The van der Waals surface area contributed by atoms with Crippen LogP contribution in [0.25, 0.3) is 0 Å². The smallest absolute Gasteiger partial charge is 0.410 e. The Morgan fingerprint density at radius 1 is 1.24 bits per heavy atom. The van der Waals surface area contributed by atoms with E-state index in [0.717, 1.165) is 0 Å². The van der Waals surface area contributed by atoms with Gasteiger partial charge in [0.1, 0.15) is 17.7 Å². The fourth-order valence-corrected chi connectivity index (χ4v) is 2.61. The van der Waals surface area contributed by atoms with Gasteiger partial charge in [0.25, 0.3) is 0 Å². The van der Waals surface area contributed by atoms with E-state index < -0.39 is 35.6 Å². The van der Waals surface area contributed by atoms with Crippen molar-refractivity contribution in [3.05, 3.63) is 0 Å². The van der Waals surface area contributed by atoms with E-state index >= 15 is 0 Å². The molecule has 0 rings (SSSR count). The molecular formula is C17H33N3O4S. The molecule has 3 amide bonds. The highest BCUT2D eigenvalue weighted by Crippen LogP contribution is 2.16. The Labute approximate surface area is 155 Å². The first-order chi connectivity index (χ1) is 11.4. The van der Waals surface area contributed by atoms with Gasteiger partial charge in [-0.05, 0) is 51.5 Å². The maximum atomic E-state index is 12.7. The second-order valence-corrected chi connectivity index (χ2v) is 8.47. The van der Waals surface area contributed by atoms with Gasteiger partial charge in [-0.1, -0.05) is 13.8 Å². The van der Waals surface area contributed by atoms with Crippen LogP contribution in [0.2, 0.25) is 0 Å². The predicted octanol–water partition coefficient (Wildman–Crippen LogP) is 1.99. The Kier molecular flexibility index (Phi) is 9.92. The topological polar surface area (TPSA) is 102 Å². The van der Waals surface area contributed by atoms with Gasteiger partial charge in [-0.2, -0.15) is 11.8 Å². The maximum Gasteiger partial charge on any atom is 0.410 e. The number of rotatable bonds is 9. The van der Waals surface area contributed by atoms with Crippen molar-refractivity contribution < 1.29 is 19.1 Å². The van der Waals surface area contributed by atoms with Gasteiger partial charge in [-0.15, -0.1) is 0 Å². The summed E-state index contributed by atoms with van der Waals surface area (Å²) in [6.07, 6.45) is 2.24. The molecule has 0 aromatic rings. The molecule has 2 atom stereocenters. The summed E-state index contributed by atoms with van der Waals surface area (Å²) >= 11 is 1.57. The van der Waals surface area contributed by atoms with Gasteiger partial charge in [0.15, 0.2) is 0 Å². The lowest BCUT2D eigenvalue weighted by Gasteiger charge is -2.31. The van der Waals surface area contributed by atoms with E-state index in [0.29, 0.717) is 18.6 Å². The molecule has 0 radical (unpaired) electrons. The van der Waals surface area contributed by atoms with Gasteiger partial charge >= 0.3 is 6.09 Å². The van der Waals surface area contributed by atoms with Crippen molar-refractivity contribution in [2.45, 2.75) is 65.1 Å². The minimum atomic E-state index is -0.748. The van der Waals surface area contributed by atoms with E-state index in [4.69, 9.17) is 10.5 Å². The monoisotopic (exact) mass is 375 g/mol. The standard InChI is InChI=1S/C17H33N3O4S/c1-11(2)10-13(20(6)16(23)24-17(3,4)5)15(22)19-12(14(18)21)8-9-25-7/h11-13H,8-10H2,1-7H3,(H2,18,21)(H,19,22)/t12-,13-/m0/s1. The van der Waals surface area contributed by atoms with Crippen LogP contribution in [-0.2, 0) is 14.3 Å². The highest BCUT2D eigenvalue weighted by molar-refractivity contribution is 7.98. The summed E-state index contributed by atoms with van der Waals surface area (Å²) in [4.78, 5) is 37.9. The average Bonchev–Trinajstić information content (AvgIpc) is 2.45. The van der Waals surface area contributed by atoms with Crippen LogP contribution >= 0.6 is 11.8 Å². The number of carbonyl (C=O) groups is 3. The maximum absolute atomic E-state index is 12.7. The van der Waals surface area contributed by atoms with E-state index in [2.05, 4.69) is 5.32 Å². The van der Waals surface area contributed by atoms with Crippen LogP contribution in [-0.4, -0.2) is 59.5 Å². The Bertz CT molecular complexity index is 463. The molecule has 0 saturated carbocycles. The zero-order valence-corrected chi connectivity index (χ0v) is 17.2. The molecule has 25 heavy (non-hydrogen) atoms. The molecule has 0 fully saturated rings. The molecule has 0 heterocycles. The predicted molar refractivity (Wildman–Crippen MR) is 101 cm³/mol. The molecule has 0 aromatic carbocycles. The second kappa shape index (κ2) is 10.5. The van der Waals surface area contributed by atoms with Crippen LogP contribution in [0.4, 0.5) is 4.79 Å². The Hall–Kier alpha value is -1.44. The number of hydrogen-bond donors (Lipinski definition) is 2. The van der Waals surface area contributed by atoms with Gasteiger partial charge in [-0.25, -0.2) is 4.79 Å². The molecule has 0 unspecified atom stereocenters. The first kappa shape index (κ1) is 23.6. The lowest BCUT2D eigenvalue weighted by molar-refractivity contribution is -0.131. The van der Waals surface area contributed by atoms with Crippen molar-refractivity contribution in [1.29, 1.82) is 0 Å². The highest BCUT2D eigenvalue weighted by Gasteiger charge is 2.32. The number of amides is 3. The van der Waals surface area contributed by atoms with Crippen LogP contribution in [0.1, 0.15) is 47.5 Å². The Morgan fingerprint density at radius 2 is 1.80 bits per heavy atom. The summed E-state index contributed by atoms with van der Waals surface area (Å²) in [5.74, 6) is -0.0959. The van der Waals surface area contributed by atoms with Crippen molar-refractivity contribution in [1.82, 2.24) is 10.2 Å². The number of nitrogens with one attached hydrogen (secondary N) is 1. The van der Waals surface area contributed by atoms with Crippen LogP contribution in [0.3, 0.4) is 0 Å². The Balaban J connectivity index is 5.19. The molecule has 146 valence electrons. The zero-order chi connectivity index (χ0) is 19.8. The van der Waals surface area contributed by atoms with Crippen molar-refractivity contribution in [2.75, 3.05) is 19.1 Å². The molecule has 0 aliphatic heterocycles. The van der Waals surface area contributed by atoms with E-state index in [1.165, 1.54) is 11.9 Å². The van der Waals surface area contributed by atoms with Crippen LogP contribution in [0, 0.1) is 5.92 Å². The quantitative estimate of drug-likeness (QED) is 0.642. The van der Waals surface area contributed by atoms with E-state index in [9.17, 15) is 14.4 Å². The van der Waals surface area contributed by atoms with Crippen LogP contribution < -0.4 is 11.1 Å². The largest absolute Gasteiger partial charge is 0.444 e. The van der Waals surface area contributed by atoms with Crippen molar-refractivity contribution in [2.24, 2.45) is 11.7 Å². The number of nitrogens with two attached hydrogens (primary N) is 1. The molecule has 0 aliphatic rings. The van der Waals surface area contributed by atoms with Crippen molar-refractivity contribution in [3.8, 4) is 0 Å². The Morgan fingerprint density at radius 3 is 2.20 bits per heavy atom. The molecule has 0 bridgehead atoms. The number of hydrogen-bond acceptors (Lipinski definition) is 5. The molecule has 7 nitrogen and oxygen atoms in total. The normalized spacial score (nSPS) is 13.9. The minimum absolute atomic E-state index is 0.180. The van der Waals surface area contributed by atoms with Gasteiger partial charge in [-0.3, -0.25) is 14.5 Å². The van der Waals surface area contributed by atoms with Crippen molar-refractivity contribution in [3.63, 3.8) is 0 Å². The first-order valence-corrected chi connectivity index (χ1v) is 9.82. The number of thioether (sulfide) groups is 1.